The van der Waals surface area contributed by atoms with Crippen LogP contribution in [0.25, 0.3) is 0 Å². The van der Waals surface area contributed by atoms with Gasteiger partial charge in [0, 0.05) is 6.72 Å². The van der Waals surface area contributed by atoms with Gasteiger partial charge in [0.15, 0.2) is 0 Å². The Morgan fingerprint density at radius 1 is 1.86 bits per heavy atom. The van der Waals surface area contributed by atoms with Gasteiger partial charge in [-0.15, -0.1) is 11.8 Å². The Labute approximate surface area is 47.7 Å². The minimum atomic E-state index is 1.04. The molecule has 40 valence electrons. The molecule has 0 amide bonds. The fourth-order valence-corrected chi connectivity index (χ4v) is 0.424. The molecule has 0 radical (unpaired) electrons. The van der Waals surface area contributed by atoms with E-state index in [0.29, 0.717) is 0 Å². The third-order valence-electron chi connectivity index (χ3n) is 0.370. The predicted octanol–water partition coefficient (Wildman–Crippen LogP) is 1.38. The van der Waals surface area contributed by atoms with E-state index in [2.05, 4.69) is 23.8 Å². The van der Waals surface area contributed by atoms with Gasteiger partial charge in [0.2, 0.25) is 0 Å². The van der Waals surface area contributed by atoms with Gasteiger partial charge in [-0.2, -0.15) is 10.2 Å². The Morgan fingerprint density at radius 2 is 2.57 bits per heavy atom. The molecule has 3 heteroatoms. The number of hydrogen-bond acceptors (Lipinski definition) is 3. The van der Waals surface area contributed by atoms with Crippen molar-refractivity contribution in [3.63, 3.8) is 0 Å². The van der Waals surface area contributed by atoms with Gasteiger partial charge in [0.05, 0.1) is 5.55 Å². The molecule has 7 heavy (non-hydrogen) atoms. The molecule has 0 spiro atoms. The molecule has 0 aliphatic heterocycles. The van der Waals surface area contributed by atoms with Gasteiger partial charge in [0.1, 0.15) is 0 Å². The van der Waals surface area contributed by atoms with Gasteiger partial charge in [-0.05, 0) is 5.75 Å². The maximum absolute atomic E-state index is 3.51. The molecule has 0 unspecified atom stereocenters. The van der Waals surface area contributed by atoms with Crippen LogP contribution in [0.15, 0.2) is 10.2 Å². The second-order valence-electron chi connectivity index (χ2n) is 0.818. The molecule has 0 aromatic heterocycles. The lowest BCUT2D eigenvalue weighted by molar-refractivity contribution is 1.29. The molecule has 0 bridgehead atoms. The molecular weight excluding hydrogens is 108 g/mol. The first-order chi connectivity index (χ1) is 3.41. The standard InChI is InChI=1S/C4H8N2S/c1-3-7-4-6-5-2/h4H,2-3H2,1H3/b6-4+. The summed E-state index contributed by atoms with van der Waals surface area (Å²) in [7, 11) is 0. The van der Waals surface area contributed by atoms with Crippen molar-refractivity contribution in [1.29, 1.82) is 0 Å². The van der Waals surface area contributed by atoms with Crippen LogP contribution >= 0.6 is 11.8 Å². The number of thioether (sulfide) groups is 1. The molecule has 0 N–H and O–H groups in total. The zero-order chi connectivity index (χ0) is 5.54. The molecule has 0 aliphatic rings. The topological polar surface area (TPSA) is 24.7 Å². The molecule has 0 saturated heterocycles. The third kappa shape index (κ3) is 5.69. The van der Waals surface area contributed by atoms with E-state index in [0.717, 1.165) is 5.75 Å². The second-order valence-corrected chi connectivity index (χ2v) is 1.94. The molecule has 0 aliphatic carbocycles. The van der Waals surface area contributed by atoms with Crippen molar-refractivity contribution < 1.29 is 0 Å². The Kier molecular flexibility index (Phi) is 5.44. The van der Waals surface area contributed by atoms with E-state index in [9.17, 15) is 0 Å². The molecule has 0 fully saturated rings. The predicted molar refractivity (Wildman–Crippen MR) is 36.2 cm³/mol. The van der Waals surface area contributed by atoms with Crippen LogP contribution in [-0.4, -0.2) is 18.0 Å². The average Bonchev–Trinajstić information content (AvgIpc) is 1.69. The lowest BCUT2D eigenvalue weighted by atomic mass is 11.0. The summed E-state index contributed by atoms with van der Waals surface area (Å²) < 4.78 is 0. The largest absolute Gasteiger partial charge is 0.167 e. The van der Waals surface area contributed by atoms with E-state index in [1.54, 1.807) is 17.3 Å². The summed E-state index contributed by atoms with van der Waals surface area (Å²) in [5.41, 5.74) is 1.67. The second kappa shape index (κ2) is 5.69. The third-order valence-corrected chi connectivity index (χ3v) is 0.947. The Balaban J connectivity index is 2.92. The van der Waals surface area contributed by atoms with Gasteiger partial charge in [-0.25, -0.2) is 0 Å². The first-order valence-corrected chi connectivity index (χ1v) is 3.05. The molecule has 0 aromatic carbocycles. The minimum absolute atomic E-state index is 1.04. The van der Waals surface area contributed by atoms with Crippen molar-refractivity contribution in [2.75, 3.05) is 5.75 Å². The lowest BCUT2D eigenvalue weighted by Crippen LogP contribution is -1.63. The Hall–Kier alpha value is -0.310. The molecule has 0 rings (SSSR count). The van der Waals surface area contributed by atoms with Crippen LogP contribution in [0.5, 0.6) is 0 Å². The van der Waals surface area contributed by atoms with Crippen LogP contribution < -0.4 is 0 Å². The van der Waals surface area contributed by atoms with E-state index in [-0.39, 0.29) is 0 Å². The summed E-state index contributed by atoms with van der Waals surface area (Å²) in [5.74, 6) is 1.04. The van der Waals surface area contributed by atoms with Gasteiger partial charge in [0.25, 0.3) is 0 Å². The molecule has 0 aromatic rings. The molecule has 0 heterocycles. The molecule has 0 saturated carbocycles. The maximum atomic E-state index is 3.51. The van der Waals surface area contributed by atoms with Crippen LogP contribution in [-0.2, 0) is 0 Å². The Bertz CT molecular complexity index is 70.1. The summed E-state index contributed by atoms with van der Waals surface area (Å²) in [5, 5.41) is 6.79. The summed E-state index contributed by atoms with van der Waals surface area (Å²) in [6.07, 6.45) is 0. The molecule has 0 atom stereocenters. The Morgan fingerprint density at radius 3 is 3.00 bits per heavy atom. The van der Waals surface area contributed by atoms with Crippen molar-refractivity contribution in [2.45, 2.75) is 6.92 Å². The average molecular weight is 116 g/mol. The van der Waals surface area contributed by atoms with Crippen LogP contribution in [0.2, 0.25) is 0 Å². The van der Waals surface area contributed by atoms with Crippen molar-refractivity contribution in [3.8, 4) is 0 Å². The zero-order valence-electron chi connectivity index (χ0n) is 4.29. The van der Waals surface area contributed by atoms with Crippen LogP contribution in [0.1, 0.15) is 6.92 Å². The zero-order valence-corrected chi connectivity index (χ0v) is 5.11. The lowest BCUT2D eigenvalue weighted by Gasteiger charge is -1.76. The summed E-state index contributed by atoms with van der Waals surface area (Å²) >= 11 is 1.61. The van der Waals surface area contributed by atoms with Crippen molar-refractivity contribution in [1.82, 2.24) is 0 Å². The minimum Gasteiger partial charge on any atom is -0.167 e. The highest BCUT2D eigenvalue weighted by Gasteiger charge is 1.67. The fourth-order valence-electron chi connectivity index (χ4n) is 0.141. The van der Waals surface area contributed by atoms with E-state index < -0.39 is 0 Å². The monoisotopic (exact) mass is 116 g/mol. The quantitative estimate of drug-likeness (QED) is 0.310. The SMILES string of the molecule is C=N/N=C/SCC. The fraction of sp³-hybridized carbons (Fsp3) is 0.500. The van der Waals surface area contributed by atoms with Gasteiger partial charge in [-0.3, -0.25) is 0 Å². The molecule has 2 nitrogen and oxygen atoms in total. The number of hydrogen-bond donors (Lipinski definition) is 0. The normalized spacial score (nSPS) is 9.86. The summed E-state index contributed by atoms with van der Waals surface area (Å²) in [4.78, 5) is 0. The van der Waals surface area contributed by atoms with E-state index in [1.165, 1.54) is 0 Å². The van der Waals surface area contributed by atoms with Gasteiger partial charge < -0.3 is 0 Å². The van der Waals surface area contributed by atoms with Crippen molar-refractivity contribution >= 4 is 24.0 Å². The van der Waals surface area contributed by atoms with Crippen LogP contribution in [0.3, 0.4) is 0 Å². The maximum Gasteiger partial charge on any atom is 0.0824 e. The number of rotatable bonds is 3. The highest BCUT2D eigenvalue weighted by molar-refractivity contribution is 8.12. The highest BCUT2D eigenvalue weighted by atomic mass is 32.2. The molecular formula is C4H8N2S. The highest BCUT2D eigenvalue weighted by Crippen LogP contribution is 1.90. The van der Waals surface area contributed by atoms with Crippen molar-refractivity contribution in [3.05, 3.63) is 0 Å². The first-order valence-electron chi connectivity index (χ1n) is 2.01. The smallest absolute Gasteiger partial charge is 0.0824 e. The summed E-state index contributed by atoms with van der Waals surface area (Å²) in [6.45, 7) is 5.23. The van der Waals surface area contributed by atoms with Crippen molar-refractivity contribution in [2.24, 2.45) is 10.2 Å². The summed E-state index contributed by atoms with van der Waals surface area (Å²) in [6, 6.07) is 0. The van der Waals surface area contributed by atoms with Gasteiger partial charge in [-0.1, -0.05) is 6.92 Å². The van der Waals surface area contributed by atoms with Crippen LogP contribution in [0, 0.1) is 0 Å². The van der Waals surface area contributed by atoms with Crippen LogP contribution in [0.4, 0.5) is 0 Å². The number of nitrogens with zero attached hydrogens (tertiary/aromatic N) is 2. The van der Waals surface area contributed by atoms with E-state index in [1.807, 2.05) is 0 Å². The van der Waals surface area contributed by atoms with Gasteiger partial charge >= 0.3 is 0 Å². The van der Waals surface area contributed by atoms with E-state index in [4.69, 9.17) is 0 Å². The van der Waals surface area contributed by atoms with E-state index >= 15 is 0 Å². The first kappa shape index (κ1) is 6.69.